The van der Waals surface area contributed by atoms with E-state index in [4.69, 9.17) is 21.1 Å². The molecule has 0 saturated carbocycles. The maximum atomic E-state index is 13.2. The number of hydrogen-bond donors (Lipinski definition) is 4. The van der Waals surface area contributed by atoms with Crippen molar-refractivity contribution in [2.24, 2.45) is 4.99 Å². The molecule has 0 spiro atoms. The molecule has 174 valence electrons. The third kappa shape index (κ3) is 4.36. The van der Waals surface area contributed by atoms with Crippen molar-refractivity contribution < 1.29 is 39.5 Å². The lowest BCUT2D eigenvalue weighted by molar-refractivity contribution is -0.300. The van der Waals surface area contributed by atoms with E-state index in [2.05, 4.69) is 4.99 Å². The first-order valence-electron chi connectivity index (χ1n) is 9.97. The fraction of sp³-hybridized carbons (Fsp3) is 0.318. The van der Waals surface area contributed by atoms with Crippen LogP contribution >= 0.6 is 11.6 Å². The van der Waals surface area contributed by atoms with Crippen molar-refractivity contribution in [2.75, 3.05) is 11.9 Å². The highest BCUT2D eigenvalue weighted by Gasteiger charge is 2.49. The molecule has 1 amide bonds. The van der Waals surface area contributed by atoms with E-state index in [9.17, 15) is 30.0 Å². The van der Waals surface area contributed by atoms with Crippen LogP contribution in [0.15, 0.2) is 53.5 Å². The zero-order valence-corrected chi connectivity index (χ0v) is 18.0. The lowest BCUT2D eigenvalue weighted by atomic mass is 9.99. The van der Waals surface area contributed by atoms with Crippen LogP contribution in [0, 0.1) is 0 Å². The van der Waals surface area contributed by atoms with Crippen molar-refractivity contribution in [3.05, 3.63) is 64.7 Å². The predicted octanol–water partition coefficient (Wildman–Crippen LogP) is 0.389. The summed E-state index contributed by atoms with van der Waals surface area (Å²) in [6.45, 7) is 0. The van der Waals surface area contributed by atoms with Gasteiger partial charge in [0, 0.05) is 23.2 Å². The summed E-state index contributed by atoms with van der Waals surface area (Å²) in [6.07, 6.45) is -10.8. The zero-order valence-electron chi connectivity index (χ0n) is 17.3. The predicted molar refractivity (Wildman–Crippen MR) is 116 cm³/mol. The largest absolute Gasteiger partial charge is 0.479 e. The van der Waals surface area contributed by atoms with Crippen molar-refractivity contribution >= 4 is 34.9 Å². The Hall–Kier alpha value is -2.86. The summed E-state index contributed by atoms with van der Waals surface area (Å²) in [7, 11) is 1.51. The van der Waals surface area contributed by atoms with E-state index in [1.165, 1.54) is 11.9 Å². The Morgan fingerprint density at radius 3 is 2.45 bits per heavy atom. The second kappa shape index (κ2) is 9.18. The number of carboxylic acid groups (broad SMARTS) is 1. The molecule has 2 aromatic rings. The number of aliphatic hydroxyl groups excluding tert-OH is 3. The fourth-order valence-corrected chi connectivity index (χ4v) is 3.90. The number of carbonyl (C=O) groups excluding carboxylic acids is 1. The van der Waals surface area contributed by atoms with E-state index in [1.54, 1.807) is 42.5 Å². The summed E-state index contributed by atoms with van der Waals surface area (Å²) in [6, 6.07) is 13.9. The third-order valence-corrected chi connectivity index (χ3v) is 5.72. The van der Waals surface area contributed by atoms with Gasteiger partial charge in [-0.3, -0.25) is 4.79 Å². The molecule has 11 heteroatoms. The Kier molecular flexibility index (Phi) is 6.48. The number of benzene rings is 2. The average Bonchev–Trinajstić information content (AvgIpc) is 2.90. The molecule has 1 fully saturated rings. The minimum atomic E-state index is -1.89. The number of nitrogens with zero attached hydrogens (tertiary/aromatic N) is 2. The number of aliphatic hydroxyl groups is 3. The van der Waals surface area contributed by atoms with Crippen LogP contribution in [0.2, 0.25) is 5.02 Å². The maximum absolute atomic E-state index is 13.2. The Labute approximate surface area is 193 Å². The second-order valence-electron chi connectivity index (χ2n) is 7.63. The van der Waals surface area contributed by atoms with Crippen molar-refractivity contribution in [3.8, 4) is 0 Å². The van der Waals surface area contributed by atoms with Crippen LogP contribution in [-0.2, 0) is 19.1 Å². The quantitative estimate of drug-likeness (QED) is 0.495. The first-order chi connectivity index (χ1) is 15.7. The SMILES string of the molecule is CN1C(=O)C(O[C@H]2O[C@@H](C(=O)O)[C@H](O)[C@@H](O)[C@@H]2O)N=C(c2ccccc2)c2cc(Cl)ccc21. The summed E-state index contributed by atoms with van der Waals surface area (Å²) in [4.78, 5) is 30.4. The second-order valence-corrected chi connectivity index (χ2v) is 8.06. The molecule has 2 heterocycles. The van der Waals surface area contributed by atoms with Crippen LogP contribution in [0.25, 0.3) is 0 Å². The van der Waals surface area contributed by atoms with Crippen LogP contribution in [-0.4, -0.2) is 82.0 Å². The molecule has 4 rings (SSSR count). The van der Waals surface area contributed by atoms with Crippen molar-refractivity contribution in [1.82, 2.24) is 0 Å². The molecule has 0 aliphatic carbocycles. The fourth-order valence-electron chi connectivity index (χ4n) is 3.72. The van der Waals surface area contributed by atoms with Crippen LogP contribution in [0.4, 0.5) is 5.69 Å². The van der Waals surface area contributed by atoms with Gasteiger partial charge < -0.3 is 34.8 Å². The van der Waals surface area contributed by atoms with Gasteiger partial charge in [-0.15, -0.1) is 0 Å². The number of benzodiazepines with no additional fused rings is 1. The van der Waals surface area contributed by atoms with Crippen molar-refractivity contribution in [3.63, 3.8) is 0 Å². The van der Waals surface area contributed by atoms with E-state index >= 15 is 0 Å². The molecular weight excluding hydrogens is 456 g/mol. The van der Waals surface area contributed by atoms with E-state index < -0.39 is 48.8 Å². The molecule has 4 N–H and O–H groups in total. The first-order valence-corrected chi connectivity index (χ1v) is 10.4. The number of anilines is 1. The summed E-state index contributed by atoms with van der Waals surface area (Å²) in [5.41, 5.74) is 2.08. The number of aliphatic imine (C=N–C) groups is 1. The molecule has 1 unspecified atom stereocenters. The van der Waals surface area contributed by atoms with Gasteiger partial charge in [0.25, 0.3) is 5.91 Å². The van der Waals surface area contributed by atoms with E-state index in [0.717, 1.165) is 0 Å². The highest BCUT2D eigenvalue weighted by molar-refractivity contribution is 6.32. The molecule has 0 radical (unpaired) electrons. The number of carboxylic acids is 1. The van der Waals surface area contributed by atoms with Crippen molar-refractivity contribution in [1.29, 1.82) is 0 Å². The highest BCUT2D eigenvalue weighted by atomic mass is 35.5. The summed E-state index contributed by atoms with van der Waals surface area (Å²) >= 11 is 6.20. The maximum Gasteiger partial charge on any atom is 0.335 e. The standard InChI is InChI=1S/C22H21ClN2O8/c1-25-13-8-7-11(23)9-12(13)14(10-5-3-2-4-6-10)24-19(20(25)29)33-22-17(28)15(26)16(27)18(32-22)21(30)31/h2-9,15-19,22,26-28H,1H3,(H,30,31)/t15-,16-,17+,18-,19?,22-/m1/s1. The van der Waals surface area contributed by atoms with Gasteiger partial charge in [0.15, 0.2) is 12.4 Å². The number of carbonyl (C=O) groups is 2. The van der Waals surface area contributed by atoms with Gasteiger partial charge in [-0.1, -0.05) is 41.9 Å². The molecular formula is C22H21ClN2O8. The van der Waals surface area contributed by atoms with Crippen LogP contribution in [0.1, 0.15) is 11.1 Å². The monoisotopic (exact) mass is 476 g/mol. The van der Waals surface area contributed by atoms with Gasteiger partial charge in [0.05, 0.1) is 11.4 Å². The Balaban J connectivity index is 1.76. The van der Waals surface area contributed by atoms with Crippen LogP contribution in [0.5, 0.6) is 0 Å². The number of hydrogen-bond acceptors (Lipinski definition) is 8. The van der Waals surface area contributed by atoms with Crippen molar-refractivity contribution in [2.45, 2.75) is 36.9 Å². The van der Waals surface area contributed by atoms with Gasteiger partial charge in [-0.05, 0) is 18.2 Å². The summed E-state index contributed by atoms with van der Waals surface area (Å²) < 4.78 is 10.8. The summed E-state index contributed by atoms with van der Waals surface area (Å²) in [5, 5.41) is 40.0. The number of rotatable bonds is 4. The Morgan fingerprint density at radius 1 is 1.09 bits per heavy atom. The van der Waals surface area contributed by atoms with E-state index in [1.807, 2.05) is 6.07 Å². The van der Waals surface area contributed by atoms with Gasteiger partial charge >= 0.3 is 5.97 Å². The first kappa shape index (κ1) is 23.3. The van der Waals surface area contributed by atoms with Gasteiger partial charge in [-0.2, -0.15) is 0 Å². The van der Waals surface area contributed by atoms with Gasteiger partial charge in [-0.25, -0.2) is 9.79 Å². The van der Waals surface area contributed by atoms with E-state index in [-0.39, 0.29) is 0 Å². The minimum Gasteiger partial charge on any atom is -0.479 e. The molecule has 6 atom stereocenters. The normalized spacial score (nSPS) is 29.8. The number of fused-ring (bicyclic) bond motifs is 1. The number of halogens is 1. The lowest BCUT2D eigenvalue weighted by Gasteiger charge is -2.39. The molecule has 0 aromatic heterocycles. The summed E-state index contributed by atoms with van der Waals surface area (Å²) in [5.74, 6) is -2.20. The molecule has 10 nitrogen and oxygen atoms in total. The molecule has 2 aliphatic heterocycles. The van der Waals surface area contributed by atoms with Gasteiger partial charge in [0.1, 0.15) is 18.3 Å². The minimum absolute atomic E-state index is 0.372. The molecule has 2 aliphatic rings. The molecule has 1 saturated heterocycles. The zero-order chi connectivity index (χ0) is 23.9. The van der Waals surface area contributed by atoms with Crippen LogP contribution in [0.3, 0.4) is 0 Å². The number of likely N-dealkylation sites (N-methyl/N-ethyl adjacent to an activating group) is 1. The molecule has 33 heavy (non-hydrogen) atoms. The highest BCUT2D eigenvalue weighted by Crippen LogP contribution is 2.32. The van der Waals surface area contributed by atoms with E-state index in [0.29, 0.717) is 27.5 Å². The van der Waals surface area contributed by atoms with Crippen LogP contribution < -0.4 is 4.90 Å². The molecule has 0 bridgehead atoms. The van der Waals surface area contributed by atoms with Gasteiger partial charge in [0.2, 0.25) is 6.23 Å². The average molecular weight is 477 g/mol. The number of aliphatic carboxylic acids is 1. The number of ether oxygens (including phenoxy) is 2. The smallest absolute Gasteiger partial charge is 0.335 e. The number of amides is 1. The Bertz CT molecular complexity index is 1100. The molecule has 2 aromatic carbocycles. The Morgan fingerprint density at radius 2 is 1.79 bits per heavy atom. The topological polar surface area (TPSA) is 149 Å². The third-order valence-electron chi connectivity index (χ3n) is 5.49. The lowest BCUT2D eigenvalue weighted by Crippen LogP contribution is -2.61.